The molecule has 1 amide bonds. The van der Waals surface area contributed by atoms with Gasteiger partial charge in [-0.25, -0.2) is 9.18 Å². The number of aliphatic hydroxyl groups excluding tert-OH is 1. The van der Waals surface area contributed by atoms with Crippen LogP contribution < -0.4 is 0 Å². The molecule has 14 heavy (non-hydrogen) atoms. The Kier molecular flexibility index (Phi) is 2.32. The molecule has 80 valence electrons. The lowest BCUT2D eigenvalue weighted by Gasteiger charge is -2.22. The number of hydrogen-bond acceptors (Lipinski definition) is 4. The van der Waals surface area contributed by atoms with E-state index in [1.54, 1.807) is 0 Å². The largest absolute Gasteiger partial charge is 0.453 e. The van der Waals surface area contributed by atoms with E-state index in [1.165, 1.54) is 12.0 Å². The Hall–Kier alpha value is -0.880. The minimum absolute atomic E-state index is 0.0704. The second-order valence-electron chi connectivity index (χ2n) is 3.49. The third-order valence-electron chi connectivity index (χ3n) is 2.69. The van der Waals surface area contributed by atoms with Crippen molar-refractivity contribution in [1.29, 1.82) is 0 Å². The zero-order chi connectivity index (χ0) is 10.3. The van der Waals surface area contributed by atoms with Crippen molar-refractivity contribution in [3.8, 4) is 0 Å². The first-order chi connectivity index (χ1) is 6.65. The van der Waals surface area contributed by atoms with Crippen LogP contribution in [0.25, 0.3) is 0 Å². The first-order valence-corrected chi connectivity index (χ1v) is 4.43. The van der Waals surface area contributed by atoms with Gasteiger partial charge in [-0.2, -0.15) is 0 Å². The van der Waals surface area contributed by atoms with Gasteiger partial charge in [0.1, 0.15) is 18.4 Å². The van der Waals surface area contributed by atoms with Crippen LogP contribution in [0.4, 0.5) is 9.18 Å². The van der Waals surface area contributed by atoms with Crippen molar-refractivity contribution in [3.63, 3.8) is 0 Å². The molecule has 2 heterocycles. The van der Waals surface area contributed by atoms with Gasteiger partial charge in [-0.05, 0) is 0 Å². The number of halogens is 1. The SMILES string of the molecule is COC(=O)N1CC(F)C2OCC(O)C21. The Balaban J connectivity index is 2.16. The Labute approximate surface area is 80.4 Å². The summed E-state index contributed by atoms with van der Waals surface area (Å²) in [5, 5.41) is 9.49. The molecular formula is C8H12FNO4. The highest BCUT2D eigenvalue weighted by Crippen LogP contribution is 2.31. The summed E-state index contributed by atoms with van der Waals surface area (Å²) in [4.78, 5) is 12.4. The van der Waals surface area contributed by atoms with E-state index in [0.29, 0.717) is 0 Å². The second-order valence-corrected chi connectivity index (χ2v) is 3.49. The molecule has 2 aliphatic heterocycles. The number of rotatable bonds is 0. The molecular weight excluding hydrogens is 193 g/mol. The van der Waals surface area contributed by atoms with Gasteiger partial charge in [0.25, 0.3) is 0 Å². The van der Waals surface area contributed by atoms with Crippen LogP contribution in [0, 0.1) is 0 Å². The predicted molar refractivity (Wildman–Crippen MR) is 43.5 cm³/mol. The molecule has 2 fully saturated rings. The highest BCUT2D eigenvalue weighted by atomic mass is 19.1. The van der Waals surface area contributed by atoms with Crippen LogP contribution in [0.1, 0.15) is 0 Å². The molecule has 0 bridgehead atoms. The number of alkyl halides is 1. The van der Waals surface area contributed by atoms with Gasteiger partial charge in [0.2, 0.25) is 0 Å². The molecule has 0 aromatic heterocycles. The van der Waals surface area contributed by atoms with Crippen molar-refractivity contribution in [3.05, 3.63) is 0 Å². The summed E-state index contributed by atoms with van der Waals surface area (Å²) in [7, 11) is 1.23. The summed E-state index contributed by atoms with van der Waals surface area (Å²) in [6.45, 7) is 0.00230. The predicted octanol–water partition coefficient (Wildman–Crippen LogP) is -0.465. The third kappa shape index (κ3) is 1.26. The van der Waals surface area contributed by atoms with E-state index >= 15 is 0 Å². The van der Waals surface area contributed by atoms with Crippen molar-refractivity contribution < 1.29 is 23.8 Å². The maximum atomic E-state index is 13.3. The fourth-order valence-corrected chi connectivity index (χ4v) is 2.06. The van der Waals surface area contributed by atoms with Gasteiger partial charge in [0, 0.05) is 0 Å². The van der Waals surface area contributed by atoms with E-state index in [1.807, 2.05) is 0 Å². The molecule has 0 aromatic carbocycles. The Morgan fingerprint density at radius 1 is 1.71 bits per heavy atom. The van der Waals surface area contributed by atoms with Crippen molar-refractivity contribution in [1.82, 2.24) is 4.90 Å². The van der Waals surface area contributed by atoms with Gasteiger partial charge in [-0.1, -0.05) is 0 Å². The van der Waals surface area contributed by atoms with Crippen molar-refractivity contribution >= 4 is 6.09 Å². The third-order valence-corrected chi connectivity index (χ3v) is 2.69. The Bertz CT molecular complexity index is 249. The first-order valence-electron chi connectivity index (χ1n) is 4.43. The minimum Gasteiger partial charge on any atom is -0.453 e. The zero-order valence-corrected chi connectivity index (χ0v) is 7.72. The van der Waals surface area contributed by atoms with Gasteiger partial charge in [0.05, 0.1) is 26.3 Å². The van der Waals surface area contributed by atoms with E-state index in [0.717, 1.165) is 0 Å². The molecule has 0 spiro atoms. The molecule has 2 saturated heterocycles. The molecule has 0 aromatic rings. The molecule has 2 aliphatic rings. The van der Waals surface area contributed by atoms with Crippen molar-refractivity contribution in [2.75, 3.05) is 20.3 Å². The number of fused-ring (bicyclic) bond motifs is 1. The maximum absolute atomic E-state index is 13.3. The molecule has 4 atom stereocenters. The molecule has 0 radical (unpaired) electrons. The standard InChI is InChI=1S/C8H12FNO4/c1-13-8(12)10-2-4(9)7-6(10)5(11)3-14-7/h4-7,11H,2-3H2,1H3. The Morgan fingerprint density at radius 3 is 3.07 bits per heavy atom. The average molecular weight is 205 g/mol. The molecule has 1 N–H and O–H groups in total. The number of hydrogen-bond donors (Lipinski definition) is 1. The Morgan fingerprint density at radius 2 is 2.43 bits per heavy atom. The summed E-state index contributed by atoms with van der Waals surface area (Å²) in [6.07, 6.45) is -3.38. The van der Waals surface area contributed by atoms with Crippen molar-refractivity contribution in [2.24, 2.45) is 0 Å². The lowest BCUT2D eigenvalue weighted by atomic mass is 10.1. The van der Waals surface area contributed by atoms with E-state index in [4.69, 9.17) is 4.74 Å². The van der Waals surface area contributed by atoms with Crippen LogP contribution in [0.5, 0.6) is 0 Å². The van der Waals surface area contributed by atoms with Gasteiger partial charge >= 0.3 is 6.09 Å². The number of carbonyl (C=O) groups is 1. The van der Waals surface area contributed by atoms with E-state index in [2.05, 4.69) is 4.74 Å². The highest BCUT2D eigenvalue weighted by molar-refractivity contribution is 5.68. The van der Waals surface area contributed by atoms with Gasteiger partial charge < -0.3 is 14.6 Å². The summed E-state index contributed by atoms with van der Waals surface area (Å²) in [5.74, 6) is 0. The topological polar surface area (TPSA) is 59.0 Å². The number of ether oxygens (including phenoxy) is 2. The summed E-state index contributed by atoms with van der Waals surface area (Å²) in [5.41, 5.74) is 0. The number of carbonyl (C=O) groups excluding carboxylic acids is 1. The van der Waals surface area contributed by atoms with Crippen LogP contribution in [0.3, 0.4) is 0 Å². The van der Waals surface area contributed by atoms with Gasteiger partial charge in [-0.3, -0.25) is 4.90 Å². The average Bonchev–Trinajstić information content (AvgIpc) is 2.69. The van der Waals surface area contributed by atoms with E-state index in [9.17, 15) is 14.3 Å². The monoisotopic (exact) mass is 205 g/mol. The van der Waals surface area contributed by atoms with Crippen LogP contribution in [-0.2, 0) is 9.47 Å². The molecule has 0 aliphatic carbocycles. The first kappa shape index (κ1) is 9.67. The maximum Gasteiger partial charge on any atom is 0.410 e. The van der Waals surface area contributed by atoms with Crippen LogP contribution in [0.2, 0.25) is 0 Å². The van der Waals surface area contributed by atoms with E-state index < -0.39 is 30.5 Å². The quantitative estimate of drug-likeness (QED) is 0.581. The van der Waals surface area contributed by atoms with Crippen molar-refractivity contribution in [2.45, 2.75) is 24.4 Å². The number of aliphatic hydroxyl groups is 1. The zero-order valence-electron chi connectivity index (χ0n) is 7.72. The molecule has 6 heteroatoms. The smallest absolute Gasteiger partial charge is 0.410 e. The summed E-state index contributed by atoms with van der Waals surface area (Å²) < 4.78 is 22.9. The van der Waals surface area contributed by atoms with Gasteiger partial charge in [-0.15, -0.1) is 0 Å². The normalized spacial score (nSPS) is 41.2. The van der Waals surface area contributed by atoms with Crippen LogP contribution >= 0.6 is 0 Å². The summed E-state index contributed by atoms with van der Waals surface area (Å²) >= 11 is 0. The molecule has 2 rings (SSSR count). The number of likely N-dealkylation sites (tertiary alicyclic amines) is 1. The fourth-order valence-electron chi connectivity index (χ4n) is 2.06. The van der Waals surface area contributed by atoms with E-state index in [-0.39, 0.29) is 13.2 Å². The second kappa shape index (κ2) is 3.36. The molecule has 0 saturated carbocycles. The summed E-state index contributed by atoms with van der Waals surface area (Å²) in [6, 6.07) is -0.600. The van der Waals surface area contributed by atoms with Crippen LogP contribution in [0.15, 0.2) is 0 Å². The lowest BCUT2D eigenvalue weighted by molar-refractivity contribution is 0.0476. The number of nitrogens with zero attached hydrogens (tertiary/aromatic N) is 1. The fraction of sp³-hybridized carbons (Fsp3) is 0.875. The van der Waals surface area contributed by atoms with Gasteiger partial charge in [0.15, 0.2) is 0 Å². The number of amides is 1. The molecule has 5 nitrogen and oxygen atoms in total. The number of methoxy groups -OCH3 is 1. The molecule has 4 unspecified atom stereocenters. The highest BCUT2D eigenvalue weighted by Gasteiger charge is 2.53. The minimum atomic E-state index is -1.24. The van der Waals surface area contributed by atoms with Crippen LogP contribution in [-0.4, -0.2) is 60.8 Å². The lowest BCUT2D eigenvalue weighted by Crippen LogP contribution is -2.43.